The molecule has 3 aromatic rings. The zero-order valence-electron chi connectivity index (χ0n) is 16.9. The third-order valence-electron chi connectivity index (χ3n) is 5.84. The maximum absolute atomic E-state index is 12.8. The second kappa shape index (κ2) is 7.74. The SMILES string of the molecule is Cc1ncn(CC(=O)N2CCC(n3c(=O)[nH]c4ccccc4c3=O)CC2)c(=O)c1C. The predicted molar refractivity (Wildman–Crippen MR) is 112 cm³/mol. The highest BCUT2D eigenvalue weighted by Gasteiger charge is 2.26. The van der Waals surface area contributed by atoms with Gasteiger partial charge in [-0.2, -0.15) is 0 Å². The van der Waals surface area contributed by atoms with E-state index in [0.717, 1.165) is 0 Å². The number of hydrogen-bond acceptors (Lipinski definition) is 5. The van der Waals surface area contributed by atoms with E-state index >= 15 is 0 Å². The topological polar surface area (TPSA) is 110 Å². The normalized spacial score (nSPS) is 14.9. The van der Waals surface area contributed by atoms with Crippen molar-refractivity contribution < 1.29 is 4.79 Å². The number of carbonyl (C=O) groups is 1. The van der Waals surface area contributed by atoms with Crippen molar-refractivity contribution in [3.63, 3.8) is 0 Å². The Balaban J connectivity index is 1.49. The Morgan fingerprint density at radius 2 is 1.80 bits per heavy atom. The molecule has 1 amide bonds. The molecule has 0 saturated carbocycles. The van der Waals surface area contributed by atoms with Crippen molar-refractivity contribution in [2.75, 3.05) is 13.1 Å². The number of H-pyrrole nitrogens is 1. The second-order valence-electron chi connectivity index (χ2n) is 7.65. The average molecular weight is 409 g/mol. The van der Waals surface area contributed by atoms with Gasteiger partial charge >= 0.3 is 5.69 Å². The number of aromatic nitrogens is 4. The van der Waals surface area contributed by atoms with E-state index in [9.17, 15) is 19.2 Å². The summed E-state index contributed by atoms with van der Waals surface area (Å²) in [7, 11) is 0. The van der Waals surface area contributed by atoms with E-state index in [1.807, 2.05) is 0 Å². The first kappa shape index (κ1) is 19.8. The van der Waals surface area contributed by atoms with Crippen molar-refractivity contribution >= 4 is 16.8 Å². The van der Waals surface area contributed by atoms with Crippen LogP contribution in [0, 0.1) is 13.8 Å². The lowest BCUT2D eigenvalue weighted by atomic mass is 10.0. The number of benzene rings is 1. The van der Waals surface area contributed by atoms with Crippen LogP contribution in [0.3, 0.4) is 0 Å². The number of piperidine rings is 1. The zero-order valence-corrected chi connectivity index (χ0v) is 16.9. The molecule has 0 radical (unpaired) electrons. The van der Waals surface area contributed by atoms with Crippen LogP contribution >= 0.6 is 0 Å². The van der Waals surface area contributed by atoms with Crippen LogP contribution in [-0.2, 0) is 11.3 Å². The van der Waals surface area contributed by atoms with Crippen LogP contribution in [0.1, 0.15) is 30.1 Å². The molecule has 1 aliphatic rings. The van der Waals surface area contributed by atoms with E-state index < -0.39 is 5.69 Å². The molecule has 0 atom stereocenters. The third-order valence-corrected chi connectivity index (χ3v) is 5.84. The number of para-hydroxylation sites is 1. The van der Waals surface area contributed by atoms with Gasteiger partial charge in [0.15, 0.2) is 0 Å². The summed E-state index contributed by atoms with van der Waals surface area (Å²) in [6.07, 6.45) is 2.38. The average Bonchev–Trinajstić information content (AvgIpc) is 2.74. The minimum Gasteiger partial charge on any atom is -0.341 e. The molecule has 1 N–H and O–H groups in total. The third kappa shape index (κ3) is 3.47. The molecular weight excluding hydrogens is 386 g/mol. The van der Waals surface area contributed by atoms with Crippen LogP contribution in [0.2, 0.25) is 0 Å². The van der Waals surface area contributed by atoms with Crippen molar-refractivity contribution in [3.05, 3.63) is 73.0 Å². The molecular formula is C21H23N5O4. The number of amides is 1. The lowest BCUT2D eigenvalue weighted by Crippen LogP contribution is -2.46. The highest BCUT2D eigenvalue weighted by atomic mass is 16.2. The predicted octanol–water partition coefficient (Wildman–Crippen LogP) is 0.727. The minimum absolute atomic E-state index is 0.0753. The molecule has 9 heteroatoms. The van der Waals surface area contributed by atoms with Gasteiger partial charge in [-0.05, 0) is 38.8 Å². The fourth-order valence-electron chi connectivity index (χ4n) is 3.92. The number of aromatic amines is 1. The van der Waals surface area contributed by atoms with Gasteiger partial charge in [-0.3, -0.25) is 23.5 Å². The van der Waals surface area contributed by atoms with Gasteiger partial charge in [0, 0.05) is 30.4 Å². The molecule has 1 fully saturated rings. The molecule has 9 nitrogen and oxygen atoms in total. The molecule has 30 heavy (non-hydrogen) atoms. The summed E-state index contributed by atoms with van der Waals surface area (Å²) >= 11 is 0. The van der Waals surface area contributed by atoms with E-state index in [-0.39, 0.29) is 29.6 Å². The fourth-order valence-corrected chi connectivity index (χ4v) is 3.92. The molecule has 1 aromatic carbocycles. The summed E-state index contributed by atoms with van der Waals surface area (Å²) in [6, 6.07) is 6.64. The maximum atomic E-state index is 12.8. The standard InChI is InChI=1S/C21H23N5O4/c1-13-14(2)22-12-25(19(13)28)11-18(27)24-9-7-15(8-10-24)26-20(29)16-5-3-4-6-17(16)23-21(26)30/h3-6,12,15H,7-11H2,1-2H3,(H,23,30). The first-order valence-electron chi connectivity index (χ1n) is 9.91. The number of rotatable bonds is 3. The summed E-state index contributed by atoms with van der Waals surface area (Å²) in [5, 5.41) is 0.470. The van der Waals surface area contributed by atoms with Gasteiger partial charge in [0.2, 0.25) is 5.91 Å². The zero-order chi connectivity index (χ0) is 21.4. The quantitative estimate of drug-likeness (QED) is 0.686. The van der Waals surface area contributed by atoms with E-state index in [1.165, 1.54) is 15.5 Å². The van der Waals surface area contributed by atoms with Gasteiger partial charge in [0.1, 0.15) is 6.54 Å². The Bertz CT molecular complexity index is 1300. The van der Waals surface area contributed by atoms with E-state index in [4.69, 9.17) is 0 Å². The first-order chi connectivity index (χ1) is 14.4. The van der Waals surface area contributed by atoms with Gasteiger partial charge in [-0.1, -0.05) is 12.1 Å². The van der Waals surface area contributed by atoms with Crippen molar-refractivity contribution in [2.24, 2.45) is 0 Å². The molecule has 0 spiro atoms. The Morgan fingerprint density at radius 1 is 1.10 bits per heavy atom. The summed E-state index contributed by atoms with van der Waals surface area (Å²) in [6.45, 7) is 4.19. The summed E-state index contributed by atoms with van der Waals surface area (Å²) in [4.78, 5) is 58.9. The van der Waals surface area contributed by atoms with Crippen molar-refractivity contribution in [1.29, 1.82) is 0 Å². The minimum atomic E-state index is -0.434. The molecule has 0 unspecified atom stereocenters. The Labute approximate surface area is 171 Å². The van der Waals surface area contributed by atoms with Gasteiger partial charge < -0.3 is 9.88 Å². The molecule has 0 bridgehead atoms. The van der Waals surface area contributed by atoms with Gasteiger partial charge in [0.25, 0.3) is 11.1 Å². The molecule has 3 heterocycles. The van der Waals surface area contributed by atoms with Crippen molar-refractivity contribution in [3.8, 4) is 0 Å². The van der Waals surface area contributed by atoms with Crippen molar-refractivity contribution in [2.45, 2.75) is 39.3 Å². The molecule has 156 valence electrons. The summed E-state index contributed by atoms with van der Waals surface area (Å²) < 4.78 is 2.58. The highest BCUT2D eigenvalue weighted by molar-refractivity contribution is 5.77. The second-order valence-corrected chi connectivity index (χ2v) is 7.65. The lowest BCUT2D eigenvalue weighted by molar-refractivity contribution is -0.133. The number of fused-ring (bicyclic) bond motifs is 1. The molecule has 1 aliphatic heterocycles. The maximum Gasteiger partial charge on any atom is 0.329 e. The summed E-state index contributed by atoms with van der Waals surface area (Å²) in [5.41, 5.74) is 0.724. The van der Waals surface area contributed by atoms with Gasteiger partial charge in [-0.15, -0.1) is 0 Å². The number of nitrogens with one attached hydrogen (secondary N) is 1. The van der Waals surface area contributed by atoms with Gasteiger partial charge in [0.05, 0.1) is 17.2 Å². The number of hydrogen-bond donors (Lipinski definition) is 1. The number of nitrogens with zero attached hydrogens (tertiary/aromatic N) is 4. The highest BCUT2D eigenvalue weighted by Crippen LogP contribution is 2.20. The van der Waals surface area contributed by atoms with Crippen LogP contribution in [0.15, 0.2) is 45.0 Å². The number of carbonyl (C=O) groups excluding carboxylic acids is 1. The number of likely N-dealkylation sites (tertiary alicyclic amines) is 1. The smallest absolute Gasteiger partial charge is 0.329 e. The van der Waals surface area contributed by atoms with Crippen LogP contribution in [0.25, 0.3) is 10.9 Å². The molecule has 2 aromatic heterocycles. The first-order valence-corrected chi connectivity index (χ1v) is 9.91. The Hall–Kier alpha value is -3.49. The lowest BCUT2D eigenvalue weighted by Gasteiger charge is -2.32. The van der Waals surface area contributed by atoms with Crippen LogP contribution in [0.4, 0.5) is 0 Å². The van der Waals surface area contributed by atoms with Crippen LogP contribution in [0.5, 0.6) is 0 Å². The molecule has 1 saturated heterocycles. The van der Waals surface area contributed by atoms with E-state index in [2.05, 4.69) is 9.97 Å². The monoisotopic (exact) mass is 409 g/mol. The summed E-state index contributed by atoms with van der Waals surface area (Å²) in [5.74, 6) is -0.180. The van der Waals surface area contributed by atoms with E-state index in [1.54, 1.807) is 43.0 Å². The molecule has 4 rings (SSSR count). The Morgan fingerprint density at radius 3 is 2.53 bits per heavy atom. The van der Waals surface area contributed by atoms with Crippen molar-refractivity contribution in [1.82, 2.24) is 24.0 Å². The largest absolute Gasteiger partial charge is 0.341 e. The van der Waals surface area contributed by atoms with Gasteiger partial charge in [-0.25, -0.2) is 9.78 Å². The molecule has 0 aliphatic carbocycles. The fraction of sp³-hybridized carbons (Fsp3) is 0.381. The Kier molecular flexibility index (Phi) is 5.11. The van der Waals surface area contributed by atoms with Crippen LogP contribution in [-0.4, -0.2) is 43.0 Å². The number of aryl methyl sites for hydroxylation is 1. The van der Waals surface area contributed by atoms with Crippen LogP contribution < -0.4 is 16.8 Å². The van der Waals surface area contributed by atoms with E-state index in [0.29, 0.717) is 48.1 Å².